The van der Waals surface area contributed by atoms with Gasteiger partial charge in [0.05, 0.1) is 41.4 Å². The van der Waals surface area contributed by atoms with Gasteiger partial charge in [0.25, 0.3) is 0 Å². The number of aryl methyl sites for hydroxylation is 1. The summed E-state index contributed by atoms with van der Waals surface area (Å²) in [5.74, 6) is 0.812. The highest BCUT2D eigenvalue weighted by Gasteiger charge is 2.02. The molecule has 0 atom stereocenters. The maximum Gasteiger partial charge on any atom is 0.185 e. The molecule has 6 aromatic rings. The zero-order chi connectivity index (χ0) is 46.1. The number of furan rings is 1. The Morgan fingerprint density at radius 3 is 1.76 bits per heavy atom. The lowest BCUT2D eigenvalue weighted by Crippen LogP contribution is -2.03. The van der Waals surface area contributed by atoms with Crippen molar-refractivity contribution in [3.8, 4) is 17.2 Å². The average molecular weight is 960 g/mol. The van der Waals surface area contributed by atoms with Gasteiger partial charge in [-0.25, -0.2) is 8.78 Å². The van der Waals surface area contributed by atoms with Crippen LogP contribution in [0.1, 0.15) is 73.5 Å². The number of aliphatic hydroxyl groups excluding tert-OH is 2. The molecule has 0 aliphatic rings. The number of rotatable bonds is 14. The molecule has 6 rings (SSSR count). The smallest absolute Gasteiger partial charge is 0.185 e. The van der Waals surface area contributed by atoms with E-state index in [1.807, 2.05) is 12.1 Å². The maximum atomic E-state index is 12.7. The van der Waals surface area contributed by atoms with Gasteiger partial charge in [-0.1, -0.05) is 36.7 Å². The standard InChI is InChI=1S/2C9H10O3.C8H7FO2.C7H4ClFO.C7H8OS.C5H3BrO2/c10-5-6-12-9-3-1-8(7-11)2-4-9;10-5-6-12-9-4-2-1-3-8(9)7-11;1-11-7-3-2-6(5-10)8(9)4-7;8-6-2-1-5(4-10)3-7(6)9;1-2-6-3-4-7(5-8)9-6;6-5-2-1-4(3-7)8-5/h2*1-4,7,10H,5-6H2;2-5H,1H3;1-4H;3-5H,2H2,1H3;1-3H. The van der Waals surface area contributed by atoms with Crippen LogP contribution in [0.25, 0.3) is 0 Å². The molecule has 2 aromatic heterocycles. The highest BCUT2D eigenvalue weighted by molar-refractivity contribution is 9.10. The Hall–Kier alpha value is -6.17. The lowest BCUT2D eigenvalue weighted by Gasteiger charge is -2.05. The van der Waals surface area contributed by atoms with Crippen LogP contribution in [0.2, 0.25) is 5.02 Å². The summed E-state index contributed by atoms with van der Waals surface area (Å²) in [7, 11) is 1.44. The van der Waals surface area contributed by atoms with Crippen molar-refractivity contribution in [2.45, 2.75) is 13.3 Å². The Morgan fingerprint density at radius 2 is 1.29 bits per heavy atom. The zero-order valence-electron chi connectivity index (χ0n) is 33.3. The van der Waals surface area contributed by atoms with Crippen LogP contribution in [0.4, 0.5) is 8.78 Å². The van der Waals surface area contributed by atoms with Crippen molar-refractivity contribution in [3.63, 3.8) is 0 Å². The summed E-state index contributed by atoms with van der Waals surface area (Å²) in [6.45, 7) is 2.52. The molecule has 0 fully saturated rings. The average Bonchev–Trinajstić information content (AvgIpc) is 3.98. The van der Waals surface area contributed by atoms with Crippen molar-refractivity contribution in [2.24, 2.45) is 0 Å². The van der Waals surface area contributed by atoms with Crippen molar-refractivity contribution in [1.82, 2.24) is 0 Å². The van der Waals surface area contributed by atoms with Crippen LogP contribution >= 0.6 is 38.9 Å². The van der Waals surface area contributed by atoms with Crippen molar-refractivity contribution < 1.29 is 66.4 Å². The van der Waals surface area contributed by atoms with Crippen LogP contribution in [0.15, 0.2) is 118 Å². The fourth-order valence-electron chi connectivity index (χ4n) is 4.03. The minimum absolute atomic E-state index is 0.00453. The number of benzene rings is 4. The predicted molar refractivity (Wildman–Crippen MR) is 235 cm³/mol. The molecule has 2 heterocycles. The summed E-state index contributed by atoms with van der Waals surface area (Å²) in [5.41, 5.74) is 1.46. The number of aliphatic hydroxyl groups is 2. The van der Waals surface area contributed by atoms with Crippen LogP contribution in [-0.2, 0) is 6.42 Å². The molecule has 0 saturated heterocycles. The third-order valence-corrected chi connectivity index (χ3v) is 8.93. The number of halogens is 4. The monoisotopic (exact) mass is 958 g/mol. The van der Waals surface area contributed by atoms with E-state index in [4.69, 9.17) is 40.4 Å². The van der Waals surface area contributed by atoms with E-state index in [9.17, 15) is 37.5 Å². The molecule has 0 spiro atoms. The first kappa shape index (κ1) is 53.8. The number of carbonyl (C=O) groups is 6. The molecular formula is C45H42BrClF2O12S. The highest BCUT2D eigenvalue weighted by Crippen LogP contribution is 2.17. The molecule has 0 radical (unpaired) electrons. The largest absolute Gasteiger partial charge is 0.497 e. The number of para-hydroxylation sites is 1. The van der Waals surface area contributed by atoms with E-state index < -0.39 is 11.6 Å². The molecule has 17 heteroatoms. The summed E-state index contributed by atoms with van der Waals surface area (Å²) in [4.78, 5) is 63.1. The highest BCUT2D eigenvalue weighted by atomic mass is 79.9. The molecule has 62 heavy (non-hydrogen) atoms. The Bertz CT molecular complexity index is 2250. The van der Waals surface area contributed by atoms with E-state index in [1.54, 1.807) is 72.0 Å². The second-order valence-corrected chi connectivity index (χ2v) is 13.7. The minimum Gasteiger partial charge on any atom is -0.497 e. The number of hydrogen-bond donors (Lipinski definition) is 2. The lowest BCUT2D eigenvalue weighted by atomic mass is 10.2. The van der Waals surface area contributed by atoms with Gasteiger partial charge in [-0.3, -0.25) is 28.8 Å². The topological polar surface area (TPSA) is 184 Å². The number of thiophene rings is 1. The third kappa shape index (κ3) is 21.9. The fourth-order valence-corrected chi connectivity index (χ4v) is 5.23. The molecule has 0 bridgehead atoms. The van der Waals surface area contributed by atoms with Gasteiger partial charge in [0.15, 0.2) is 35.6 Å². The van der Waals surface area contributed by atoms with Crippen LogP contribution in [0, 0.1) is 11.6 Å². The number of carbonyl (C=O) groups excluding carboxylic acids is 6. The van der Waals surface area contributed by atoms with Gasteiger partial charge >= 0.3 is 0 Å². The van der Waals surface area contributed by atoms with Gasteiger partial charge in [0, 0.05) is 22.1 Å². The van der Waals surface area contributed by atoms with Crippen molar-refractivity contribution in [1.29, 1.82) is 0 Å². The molecule has 4 aromatic carbocycles. The Morgan fingerprint density at radius 1 is 0.661 bits per heavy atom. The zero-order valence-corrected chi connectivity index (χ0v) is 36.4. The third-order valence-electron chi connectivity index (χ3n) is 7.04. The summed E-state index contributed by atoms with van der Waals surface area (Å²) in [5, 5.41) is 17.0. The number of aldehydes is 6. The minimum atomic E-state index is -0.564. The van der Waals surface area contributed by atoms with E-state index in [2.05, 4.69) is 22.9 Å². The lowest BCUT2D eigenvalue weighted by molar-refractivity contribution is 0.109. The number of methoxy groups -OCH3 is 1. The van der Waals surface area contributed by atoms with Crippen LogP contribution in [0.3, 0.4) is 0 Å². The van der Waals surface area contributed by atoms with Gasteiger partial charge in [-0.15, -0.1) is 11.3 Å². The van der Waals surface area contributed by atoms with Gasteiger partial charge in [-0.05, 0) is 107 Å². The van der Waals surface area contributed by atoms with Crippen LogP contribution < -0.4 is 14.2 Å². The molecule has 0 aliphatic carbocycles. The Kier molecular flexibility index (Phi) is 28.3. The summed E-state index contributed by atoms with van der Waals surface area (Å²) < 4.78 is 45.5. The molecule has 0 amide bonds. The SMILES string of the molecule is CCc1ccc(C=O)s1.COc1ccc(C=O)c(F)c1.O=Cc1ccc(Br)o1.O=Cc1ccc(Cl)c(F)c1.O=Cc1ccc(OCCO)cc1.O=Cc1ccccc1OCCO. The molecule has 0 aliphatic heterocycles. The van der Waals surface area contributed by atoms with E-state index in [1.165, 1.54) is 42.3 Å². The molecule has 12 nitrogen and oxygen atoms in total. The Balaban J connectivity index is 0.000000374. The maximum absolute atomic E-state index is 12.7. The summed E-state index contributed by atoms with van der Waals surface area (Å²) in [6, 6.07) is 28.7. The van der Waals surface area contributed by atoms with Gasteiger partial charge in [0.1, 0.15) is 54.7 Å². The van der Waals surface area contributed by atoms with Crippen LogP contribution in [-0.4, -0.2) is 81.5 Å². The quantitative estimate of drug-likeness (QED) is 0.0988. The van der Waals surface area contributed by atoms with E-state index >= 15 is 0 Å². The Labute approximate surface area is 373 Å². The van der Waals surface area contributed by atoms with E-state index in [0.29, 0.717) is 63.2 Å². The first-order chi connectivity index (χ1) is 29.9. The van der Waals surface area contributed by atoms with E-state index in [-0.39, 0.29) is 37.0 Å². The van der Waals surface area contributed by atoms with Crippen molar-refractivity contribution >= 4 is 76.6 Å². The molecular weight excluding hydrogens is 918 g/mol. The molecule has 0 saturated carbocycles. The normalized spacial score (nSPS) is 9.35. The molecule has 0 unspecified atom stereocenters. The molecule has 328 valence electrons. The summed E-state index contributed by atoms with van der Waals surface area (Å²) in [6.07, 6.45) is 5.11. The van der Waals surface area contributed by atoms with Gasteiger partial charge < -0.3 is 28.8 Å². The fraction of sp³-hybridized carbons (Fsp3) is 0.156. The van der Waals surface area contributed by atoms with Crippen LogP contribution in [0.5, 0.6) is 17.2 Å². The number of hydrogen-bond acceptors (Lipinski definition) is 13. The second kappa shape index (κ2) is 32.6. The first-order valence-corrected chi connectivity index (χ1v) is 19.9. The molecule has 2 N–H and O–H groups in total. The van der Waals surface area contributed by atoms with Gasteiger partial charge in [0.2, 0.25) is 0 Å². The number of ether oxygens (including phenoxy) is 3. The van der Waals surface area contributed by atoms with Crippen molar-refractivity contribution in [3.05, 3.63) is 168 Å². The van der Waals surface area contributed by atoms with E-state index in [0.717, 1.165) is 36.2 Å². The second-order valence-electron chi connectivity index (χ2n) is 11.3. The van der Waals surface area contributed by atoms with Gasteiger partial charge in [-0.2, -0.15) is 0 Å². The van der Waals surface area contributed by atoms with Crippen molar-refractivity contribution in [2.75, 3.05) is 33.5 Å². The predicted octanol–water partition coefficient (Wildman–Crippen LogP) is 9.66. The summed E-state index contributed by atoms with van der Waals surface area (Å²) >= 11 is 9.96. The first-order valence-electron chi connectivity index (χ1n) is 18.0.